The first kappa shape index (κ1) is 35.4. The average Bonchev–Trinajstić information content (AvgIpc) is 3.27. The molecule has 1 aliphatic heterocycles. The summed E-state index contributed by atoms with van der Waals surface area (Å²) in [6.45, 7) is 6.33. The fourth-order valence-corrected chi connectivity index (χ4v) is 7.33. The van der Waals surface area contributed by atoms with E-state index in [1.54, 1.807) is 0 Å². The molecule has 0 spiro atoms. The Morgan fingerprint density at radius 2 is 0.842 bits per heavy atom. The van der Waals surface area contributed by atoms with E-state index in [-0.39, 0.29) is 6.17 Å². The second kappa shape index (κ2) is 15.4. The topological polar surface area (TPSA) is 75.4 Å². The van der Waals surface area contributed by atoms with Gasteiger partial charge >= 0.3 is 0 Å². The van der Waals surface area contributed by atoms with Gasteiger partial charge in [-0.05, 0) is 83.5 Å². The third-order valence-electron chi connectivity index (χ3n) is 10.4. The van der Waals surface area contributed by atoms with Gasteiger partial charge in [-0.3, -0.25) is 0 Å². The number of aryl methyl sites for hydroxylation is 3. The Bertz CT molecular complexity index is 2820. The van der Waals surface area contributed by atoms with E-state index in [9.17, 15) is 0 Å². The molecule has 2 heterocycles. The van der Waals surface area contributed by atoms with Crippen LogP contribution < -0.4 is 5.32 Å². The van der Waals surface area contributed by atoms with Crippen molar-refractivity contribution in [2.75, 3.05) is 0 Å². The molecule has 1 atom stereocenters. The van der Waals surface area contributed by atoms with Gasteiger partial charge in [-0.25, -0.2) is 24.9 Å². The molecular weight excluding hydrogens is 697 g/mol. The molecule has 0 saturated carbocycles. The number of hydrogen-bond donors (Lipinski definition) is 1. The number of amidine groups is 2. The molecule has 0 bridgehead atoms. The predicted molar refractivity (Wildman–Crippen MR) is 233 cm³/mol. The van der Waals surface area contributed by atoms with E-state index < -0.39 is 0 Å². The van der Waals surface area contributed by atoms with Crippen LogP contribution in [0.25, 0.3) is 56.4 Å². The molecule has 0 aliphatic carbocycles. The van der Waals surface area contributed by atoms with E-state index >= 15 is 0 Å². The van der Waals surface area contributed by atoms with E-state index in [0.717, 1.165) is 72.6 Å². The lowest BCUT2D eigenvalue weighted by molar-refractivity contribution is 0.669. The maximum absolute atomic E-state index is 5.18. The molecule has 1 N–H and O–H groups in total. The first-order valence-corrected chi connectivity index (χ1v) is 19.2. The Morgan fingerprint density at radius 1 is 0.386 bits per heavy atom. The van der Waals surface area contributed by atoms with Crippen LogP contribution >= 0.6 is 0 Å². The monoisotopic (exact) mass is 736 g/mol. The summed E-state index contributed by atoms with van der Waals surface area (Å²) < 4.78 is 0. The van der Waals surface area contributed by atoms with Gasteiger partial charge in [0.05, 0.1) is 0 Å². The molecule has 0 radical (unpaired) electrons. The summed E-state index contributed by atoms with van der Waals surface area (Å²) in [5.41, 5.74) is 13.8. The van der Waals surface area contributed by atoms with Crippen LogP contribution in [0.15, 0.2) is 186 Å². The van der Waals surface area contributed by atoms with Crippen molar-refractivity contribution in [1.82, 2.24) is 20.3 Å². The lowest BCUT2D eigenvalue weighted by Crippen LogP contribution is -2.34. The lowest BCUT2D eigenvalue weighted by Gasteiger charge is -2.25. The van der Waals surface area contributed by atoms with Gasteiger partial charge in [0.25, 0.3) is 0 Å². The van der Waals surface area contributed by atoms with Crippen molar-refractivity contribution < 1.29 is 0 Å². The molecule has 274 valence electrons. The van der Waals surface area contributed by atoms with Gasteiger partial charge in [0.2, 0.25) is 0 Å². The maximum atomic E-state index is 5.18. The van der Waals surface area contributed by atoms with Crippen molar-refractivity contribution in [2.24, 2.45) is 9.98 Å². The molecule has 0 saturated heterocycles. The van der Waals surface area contributed by atoms with Crippen LogP contribution in [0.2, 0.25) is 0 Å². The summed E-state index contributed by atoms with van der Waals surface area (Å²) in [7, 11) is 0. The fourth-order valence-electron chi connectivity index (χ4n) is 7.33. The number of aliphatic imine (C=N–C) groups is 2. The predicted octanol–water partition coefficient (Wildman–Crippen LogP) is 11.6. The number of nitrogens with zero attached hydrogens (tertiary/aromatic N) is 5. The largest absolute Gasteiger partial charge is 0.344 e. The third kappa shape index (κ3) is 7.41. The van der Waals surface area contributed by atoms with Crippen molar-refractivity contribution >= 4 is 11.7 Å². The van der Waals surface area contributed by atoms with Gasteiger partial charge in [-0.15, -0.1) is 0 Å². The Balaban J connectivity index is 1.08. The van der Waals surface area contributed by atoms with Crippen LogP contribution in [0.4, 0.5) is 0 Å². The molecular formula is C51H40N6. The van der Waals surface area contributed by atoms with E-state index in [2.05, 4.69) is 160 Å². The minimum atomic E-state index is -0.270. The van der Waals surface area contributed by atoms with Crippen LogP contribution in [0.5, 0.6) is 0 Å². The van der Waals surface area contributed by atoms with Gasteiger partial charge in [-0.2, -0.15) is 0 Å². The Kier molecular flexibility index (Phi) is 9.59. The molecule has 6 heteroatoms. The zero-order valence-corrected chi connectivity index (χ0v) is 32.1. The summed E-state index contributed by atoms with van der Waals surface area (Å²) in [5, 5.41) is 3.63. The van der Waals surface area contributed by atoms with Crippen molar-refractivity contribution in [3.8, 4) is 56.4 Å². The minimum absolute atomic E-state index is 0.270. The molecule has 57 heavy (non-hydrogen) atoms. The smallest absolute Gasteiger partial charge is 0.164 e. The van der Waals surface area contributed by atoms with E-state index in [0.29, 0.717) is 23.3 Å². The minimum Gasteiger partial charge on any atom is -0.344 e. The quantitative estimate of drug-likeness (QED) is 0.169. The van der Waals surface area contributed by atoms with E-state index in [4.69, 9.17) is 24.9 Å². The molecule has 1 aromatic heterocycles. The van der Waals surface area contributed by atoms with Gasteiger partial charge in [0.1, 0.15) is 12.0 Å². The summed E-state index contributed by atoms with van der Waals surface area (Å²) >= 11 is 0. The average molecular weight is 737 g/mol. The van der Waals surface area contributed by atoms with E-state index in [1.807, 2.05) is 42.5 Å². The highest BCUT2D eigenvalue weighted by Crippen LogP contribution is 2.32. The first-order valence-electron chi connectivity index (χ1n) is 19.2. The zero-order valence-electron chi connectivity index (χ0n) is 32.1. The number of benzene rings is 7. The summed E-state index contributed by atoms with van der Waals surface area (Å²) in [6, 6.07) is 60.7. The summed E-state index contributed by atoms with van der Waals surface area (Å²) in [6.07, 6.45) is -0.270. The highest BCUT2D eigenvalue weighted by molar-refractivity contribution is 6.13. The van der Waals surface area contributed by atoms with Crippen LogP contribution in [-0.4, -0.2) is 26.6 Å². The van der Waals surface area contributed by atoms with Crippen LogP contribution in [0, 0.1) is 20.8 Å². The second-order valence-corrected chi connectivity index (χ2v) is 14.4. The first-order chi connectivity index (χ1) is 28.0. The van der Waals surface area contributed by atoms with Crippen molar-refractivity contribution in [2.45, 2.75) is 26.9 Å². The molecule has 9 rings (SSSR count). The Hall–Kier alpha value is -7.31. The van der Waals surface area contributed by atoms with Gasteiger partial charge in [0.15, 0.2) is 23.3 Å². The number of hydrogen-bond acceptors (Lipinski definition) is 6. The van der Waals surface area contributed by atoms with Crippen LogP contribution in [0.1, 0.15) is 39.5 Å². The van der Waals surface area contributed by atoms with Gasteiger partial charge in [0, 0.05) is 27.8 Å². The SMILES string of the molecule is Cc1ccccc1C1=NC(c2cccc(-c3cccc(-c4cccc(-c5nc(-c6ccccc6)nc(-c6ccccc6C)n5)c4)c3)c2)=NC(c2ccccc2C)N1. The Morgan fingerprint density at radius 3 is 1.47 bits per heavy atom. The molecule has 0 amide bonds. The molecule has 1 unspecified atom stereocenters. The molecule has 7 aromatic carbocycles. The maximum Gasteiger partial charge on any atom is 0.164 e. The number of rotatable bonds is 8. The van der Waals surface area contributed by atoms with Crippen molar-refractivity contribution in [3.63, 3.8) is 0 Å². The Labute approximate surface area is 333 Å². The summed E-state index contributed by atoms with van der Waals surface area (Å²) in [5.74, 6) is 3.44. The third-order valence-corrected chi connectivity index (χ3v) is 10.4. The standard InChI is InChI=1S/C51H40N6/c1-33-16-7-10-27-43(33)49-53-46(36-19-5-4-6-20-36)52-47(54-49)41-25-14-23-39(31-41)37-21-13-22-38(30-37)40-24-15-26-42(32-40)48-55-50(44-28-11-8-17-34(44)2)57-51(56-48)45-29-12-9-18-35(45)3/h4-32,50H,1-3H3,(H,55,56,57). The number of aromatic nitrogens is 3. The summed E-state index contributed by atoms with van der Waals surface area (Å²) in [4.78, 5) is 25.3. The van der Waals surface area contributed by atoms with Gasteiger partial charge in [-0.1, -0.05) is 158 Å². The highest BCUT2D eigenvalue weighted by Gasteiger charge is 2.23. The molecule has 1 aliphatic rings. The fraction of sp³-hybridized carbons (Fsp3) is 0.0784. The van der Waals surface area contributed by atoms with Crippen LogP contribution in [0.3, 0.4) is 0 Å². The van der Waals surface area contributed by atoms with Crippen molar-refractivity contribution in [1.29, 1.82) is 0 Å². The highest BCUT2D eigenvalue weighted by atomic mass is 15.2. The van der Waals surface area contributed by atoms with Crippen LogP contribution in [-0.2, 0) is 0 Å². The zero-order chi connectivity index (χ0) is 38.7. The molecule has 6 nitrogen and oxygen atoms in total. The van der Waals surface area contributed by atoms with Gasteiger partial charge < -0.3 is 5.32 Å². The van der Waals surface area contributed by atoms with E-state index in [1.165, 1.54) is 5.56 Å². The second-order valence-electron chi connectivity index (χ2n) is 14.4. The lowest BCUT2D eigenvalue weighted by atomic mass is 9.96. The molecule has 0 fully saturated rings. The molecule has 8 aromatic rings. The number of nitrogens with one attached hydrogen (secondary N) is 1. The van der Waals surface area contributed by atoms with Crippen molar-refractivity contribution in [3.05, 3.63) is 209 Å². The normalized spacial score (nSPS) is 13.7.